The van der Waals surface area contributed by atoms with E-state index in [-0.39, 0.29) is 17.7 Å². The molecular formula is C26H30F3N5O2S. The van der Waals surface area contributed by atoms with Crippen LogP contribution in [0, 0.1) is 11.3 Å². The molecule has 1 aromatic carbocycles. The maximum absolute atomic E-state index is 13.2. The number of hydrogen-bond acceptors (Lipinski definition) is 7. The Morgan fingerprint density at radius 1 is 1.14 bits per heavy atom. The molecular weight excluding hydrogens is 503 g/mol. The Morgan fingerprint density at radius 2 is 1.86 bits per heavy atom. The van der Waals surface area contributed by atoms with Crippen molar-refractivity contribution in [3.63, 3.8) is 0 Å². The number of nitrogens with one attached hydrogen (secondary N) is 1. The van der Waals surface area contributed by atoms with Crippen molar-refractivity contribution in [3.8, 4) is 11.9 Å². The van der Waals surface area contributed by atoms with Gasteiger partial charge in [-0.15, -0.1) is 0 Å². The van der Waals surface area contributed by atoms with Crippen molar-refractivity contribution in [1.82, 2.24) is 9.88 Å². The zero-order valence-corrected chi connectivity index (χ0v) is 21.4. The number of alkyl halides is 3. The number of ether oxygens (including phenoxy) is 2. The van der Waals surface area contributed by atoms with Crippen LogP contribution in [0.5, 0.6) is 5.88 Å². The summed E-state index contributed by atoms with van der Waals surface area (Å²) in [5.41, 5.74) is 0.155. The van der Waals surface area contributed by atoms with Crippen molar-refractivity contribution in [2.24, 2.45) is 0 Å². The second-order valence-corrected chi connectivity index (χ2v) is 9.70. The van der Waals surface area contributed by atoms with Gasteiger partial charge < -0.3 is 24.6 Å². The number of nitrogens with zero attached hydrogens (tertiary/aromatic N) is 4. The number of aromatic nitrogens is 1. The fraction of sp³-hybridized carbons (Fsp3) is 0.500. The number of piperazine rings is 1. The minimum atomic E-state index is -4.56. The SMILES string of the molecule is COc1ccc(N2CCN(C(=S)COC3CCC(Nc4ccc(C#N)c(C(F)(F)F)c4)CC3)CC2)cn1. The zero-order chi connectivity index (χ0) is 26.4. The molecule has 1 aromatic heterocycles. The van der Waals surface area contributed by atoms with E-state index in [0.717, 1.165) is 68.6 Å². The summed E-state index contributed by atoms with van der Waals surface area (Å²) < 4.78 is 50.9. The molecule has 2 heterocycles. The van der Waals surface area contributed by atoms with Gasteiger partial charge in [-0.3, -0.25) is 0 Å². The van der Waals surface area contributed by atoms with Crippen molar-refractivity contribution in [3.05, 3.63) is 47.7 Å². The highest BCUT2D eigenvalue weighted by Crippen LogP contribution is 2.34. The second kappa shape index (κ2) is 12.0. The minimum Gasteiger partial charge on any atom is -0.481 e. The molecule has 1 N–H and O–H groups in total. The van der Waals surface area contributed by atoms with Crippen LogP contribution in [0.2, 0.25) is 0 Å². The van der Waals surface area contributed by atoms with Crippen LogP contribution in [-0.2, 0) is 10.9 Å². The smallest absolute Gasteiger partial charge is 0.417 e. The average Bonchev–Trinajstić information content (AvgIpc) is 2.92. The molecule has 198 valence electrons. The van der Waals surface area contributed by atoms with Crippen LogP contribution in [0.4, 0.5) is 24.5 Å². The zero-order valence-electron chi connectivity index (χ0n) is 20.6. The molecule has 0 amide bonds. The van der Waals surface area contributed by atoms with Gasteiger partial charge in [-0.2, -0.15) is 18.4 Å². The van der Waals surface area contributed by atoms with Gasteiger partial charge in [0.05, 0.1) is 48.9 Å². The van der Waals surface area contributed by atoms with E-state index in [2.05, 4.69) is 20.1 Å². The highest BCUT2D eigenvalue weighted by Gasteiger charge is 2.34. The van der Waals surface area contributed by atoms with Crippen LogP contribution >= 0.6 is 12.2 Å². The van der Waals surface area contributed by atoms with Crippen molar-refractivity contribution < 1.29 is 22.6 Å². The molecule has 0 radical (unpaired) electrons. The first-order valence-electron chi connectivity index (χ1n) is 12.3. The third kappa shape index (κ3) is 7.02. The van der Waals surface area contributed by atoms with E-state index < -0.39 is 11.7 Å². The Bertz CT molecular complexity index is 1110. The Labute approximate surface area is 220 Å². The van der Waals surface area contributed by atoms with Crippen molar-refractivity contribution in [1.29, 1.82) is 5.26 Å². The van der Waals surface area contributed by atoms with Crippen LogP contribution < -0.4 is 15.0 Å². The van der Waals surface area contributed by atoms with Crippen LogP contribution in [0.1, 0.15) is 36.8 Å². The van der Waals surface area contributed by atoms with Gasteiger partial charge in [0.2, 0.25) is 5.88 Å². The molecule has 37 heavy (non-hydrogen) atoms. The van der Waals surface area contributed by atoms with Crippen LogP contribution in [0.3, 0.4) is 0 Å². The molecule has 1 aliphatic heterocycles. The fourth-order valence-electron chi connectivity index (χ4n) is 4.75. The van der Waals surface area contributed by atoms with Crippen molar-refractivity contribution >= 4 is 28.6 Å². The number of methoxy groups -OCH3 is 1. The highest BCUT2D eigenvalue weighted by atomic mass is 32.1. The molecule has 1 saturated carbocycles. The van der Waals surface area contributed by atoms with Crippen LogP contribution in [0.15, 0.2) is 36.5 Å². The van der Waals surface area contributed by atoms with Crippen LogP contribution in [-0.4, -0.2) is 66.9 Å². The van der Waals surface area contributed by atoms with Crippen molar-refractivity contribution in [2.45, 2.75) is 44.0 Å². The molecule has 0 unspecified atom stereocenters. The summed E-state index contributed by atoms with van der Waals surface area (Å²) in [6.45, 7) is 3.71. The molecule has 7 nitrogen and oxygen atoms in total. The first-order valence-corrected chi connectivity index (χ1v) is 12.7. The van der Waals surface area contributed by atoms with E-state index in [1.807, 2.05) is 18.3 Å². The standard InChI is InChI=1S/C26H30F3N5O2S/c1-35-24-9-6-21(16-31-24)33-10-12-34(13-11-33)25(37)17-36-22-7-4-19(5-8-22)32-20-3-2-18(15-30)23(14-20)26(27,28)29/h2-3,6,9,14,16,19,22,32H,4-5,7-8,10-13,17H2,1H3. The molecule has 1 saturated heterocycles. The lowest BCUT2D eigenvalue weighted by atomic mass is 9.92. The monoisotopic (exact) mass is 533 g/mol. The fourth-order valence-corrected chi connectivity index (χ4v) is 5.00. The number of hydrogen-bond donors (Lipinski definition) is 1. The average molecular weight is 534 g/mol. The number of pyridine rings is 1. The van der Waals surface area contributed by atoms with E-state index in [1.165, 1.54) is 12.1 Å². The summed E-state index contributed by atoms with van der Waals surface area (Å²) in [6.07, 6.45) is 0.515. The third-order valence-electron chi connectivity index (χ3n) is 6.86. The maximum Gasteiger partial charge on any atom is 0.417 e. The van der Waals surface area contributed by atoms with E-state index in [1.54, 1.807) is 13.2 Å². The van der Waals surface area contributed by atoms with Gasteiger partial charge in [0.25, 0.3) is 0 Å². The number of thiocarbonyl (C=S) groups is 1. The Hall–Kier alpha value is -3.10. The molecule has 2 aliphatic rings. The van der Waals surface area contributed by atoms with Gasteiger partial charge in [0.1, 0.15) is 4.99 Å². The highest BCUT2D eigenvalue weighted by molar-refractivity contribution is 7.80. The Kier molecular flexibility index (Phi) is 8.71. The predicted octanol–water partition coefficient (Wildman–Crippen LogP) is 4.87. The first-order chi connectivity index (χ1) is 17.8. The maximum atomic E-state index is 13.2. The summed E-state index contributed by atoms with van der Waals surface area (Å²) >= 11 is 5.63. The predicted molar refractivity (Wildman–Crippen MR) is 139 cm³/mol. The number of rotatable bonds is 7. The van der Waals surface area contributed by atoms with Gasteiger partial charge in [-0.05, 0) is 49.9 Å². The molecule has 0 bridgehead atoms. The van der Waals surface area contributed by atoms with E-state index in [9.17, 15) is 13.2 Å². The lowest BCUT2D eigenvalue weighted by molar-refractivity contribution is -0.137. The van der Waals surface area contributed by atoms with Crippen molar-refractivity contribution in [2.75, 3.05) is 50.1 Å². The Morgan fingerprint density at radius 3 is 2.46 bits per heavy atom. The quantitative estimate of drug-likeness (QED) is 0.506. The van der Waals surface area contributed by atoms with E-state index in [4.69, 9.17) is 27.0 Å². The largest absolute Gasteiger partial charge is 0.481 e. The molecule has 2 fully saturated rings. The van der Waals surface area contributed by atoms with Gasteiger partial charge in [-0.25, -0.2) is 4.98 Å². The molecule has 4 rings (SSSR count). The topological polar surface area (TPSA) is 73.7 Å². The lowest BCUT2D eigenvalue weighted by Crippen LogP contribution is -2.49. The molecule has 2 aromatic rings. The minimum absolute atomic E-state index is 0.0568. The Balaban J connectivity index is 1.18. The molecule has 0 atom stereocenters. The second-order valence-electron chi connectivity index (χ2n) is 9.23. The lowest BCUT2D eigenvalue weighted by Gasteiger charge is -2.37. The summed E-state index contributed by atoms with van der Waals surface area (Å²) in [5.74, 6) is 0.593. The van der Waals surface area contributed by atoms with Gasteiger partial charge >= 0.3 is 6.18 Å². The van der Waals surface area contributed by atoms with Gasteiger partial charge in [-0.1, -0.05) is 12.2 Å². The van der Waals surface area contributed by atoms with Gasteiger partial charge in [0, 0.05) is 44.0 Å². The first kappa shape index (κ1) is 26.9. The molecule has 11 heteroatoms. The summed E-state index contributed by atoms with van der Waals surface area (Å²) in [6, 6.07) is 9.29. The summed E-state index contributed by atoms with van der Waals surface area (Å²) in [5, 5.41) is 12.2. The number of benzene rings is 1. The van der Waals surface area contributed by atoms with E-state index >= 15 is 0 Å². The summed E-state index contributed by atoms with van der Waals surface area (Å²) in [7, 11) is 1.60. The van der Waals surface area contributed by atoms with E-state index in [0.29, 0.717) is 18.2 Å². The number of halogens is 3. The third-order valence-corrected chi connectivity index (χ3v) is 7.24. The summed E-state index contributed by atoms with van der Waals surface area (Å²) in [4.78, 5) is 9.52. The molecule has 0 spiro atoms. The number of nitriles is 1. The normalized spacial score (nSPS) is 20.3. The van der Waals surface area contributed by atoms with Crippen LogP contribution in [0.25, 0.3) is 0 Å². The molecule has 1 aliphatic carbocycles. The number of anilines is 2. The van der Waals surface area contributed by atoms with Gasteiger partial charge in [0.15, 0.2) is 0 Å².